The molecule has 0 N–H and O–H groups in total. The number of furan rings is 2. The van der Waals surface area contributed by atoms with Crippen molar-refractivity contribution in [1.29, 1.82) is 0 Å². The van der Waals surface area contributed by atoms with Gasteiger partial charge in [-0.05, 0) is 108 Å². The molecule has 0 aliphatic heterocycles. The van der Waals surface area contributed by atoms with Crippen molar-refractivity contribution in [2.75, 3.05) is 0 Å². The standard InChI is InChI=1S/C49H28N4O2.CH3/c1-4-12-40-33(9-1)34-10-2-5-13-41(34)51(40)31-19-23-47-37(27-31)35-25-29(17-21-45(35)54-47)30-18-22-46-36(26-30)38-28-32(20-24-48(38)55-46)52-43-15-7-8-16-44(43)53-42-14-6-3-11-39(42)50-49(52)53;/h1-28H;1H3/q;-1. The minimum Gasteiger partial charge on any atom is -0.456 e. The van der Waals surface area contributed by atoms with E-state index in [2.05, 4.69) is 177 Å². The second kappa shape index (κ2) is 11.2. The summed E-state index contributed by atoms with van der Waals surface area (Å²) in [5, 5.41) is 6.81. The van der Waals surface area contributed by atoms with Crippen molar-refractivity contribution in [2.45, 2.75) is 0 Å². The minimum atomic E-state index is 0. The average molecular weight is 720 g/mol. The van der Waals surface area contributed by atoms with Crippen molar-refractivity contribution in [3.63, 3.8) is 0 Å². The Balaban J connectivity index is 0.00000345. The Kier molecular flexibility index (Phi) is 6.18. The smallest absolute Gasteiger partial charge is 0.220 e. The highest BCUT2D eigenvalue weighted by atomic mass is 16.3. The molecule has 5 aromatic heterocycles. The number of benzene rings is 8. The molecule has 264 valence electrons. The number of imidazole rings is 2. The van der Waals surface area contributed by atoms with Gasteiger partial charge in [0, 0.05) is 38.0 Å². The maximum absolute atomic E-state index is 6.42. The molecule has 6 heteroatoms. The van der Waals surface area contributed by atoms with Crippen LogP contribution in [-0.2, 0) is 0 Å². The van der Waals surface area contributed by atoms with Crippen molar-refractivity contribution in [1.82, 2.24) is 18.5 Å². The molecule has 0 atom stereocenters. The lowest BCUT2D eigenvalue weighted by Crippen LogP contribution is -1.94. The lowest BCUT2D eigenvalue weighted by Gasteiger charge is -2.08. The summed E-state index contributed by atoms with van der Waals surface area (Å²) in [6, 6.07) is 60.0. The zero-order valence-electron chi connectivity index (χ0n) is 30.3. The monoisotopic (exact) mass is 719 g/mol. The van der Waals surface area contributed by atoms with Crippen LogP contribution in [0.5, 0.6) is 0 Å². The highest BCUT2D eigenvalue weighted by Crippen LogP contribution is 2.39. The summed E-state index contributed by atoms with van der Waals surface area (Å²) in [5.74, 6) is 0.886. The molecule has 0 saturated heterocycles. The van der Waals surface area contributed by atoms with Crippen molar-refractivity contribution in [3.8, 4) is 22.5 Å². The minimum absolute atomic E-state index is 0. The molecule has 0 saturated carbocycles. The normalized spacial score (nSPS) is 12.1. The lowest BCUT2D eigenvalue weighted by molar-refractivity contribution is 0.668. The summed E-state index contributed by atoms with van der Waals surface area (Å²) in [6.45, 7) is 0. The lowest BCUT2D eigenvalue weighted by atomic mass is 10.0. The first-order valence-electron chi connectivity index (χ1n) is 18.5. The molecule has 0 spiro atoms. The topological polar surface area (TPSA) is 53.4 Å². The third-order valence-corrected chi connectivity index (χ3v) is 11.4. The number of nitrogens with zero attached hydrogens (tertiary/aromatic N) is 4. The van der Waals surface area contributed by atoms with Crippen LogP contribution in [0.25, 0.3) is 116 Å². The SMILES string of the molecule is [CH3-].c1ccc2c(c1)nc1n(-c3ccc4oc5ccc(-c6ccc7oc8ccc(-n9c%10ccccc%10c%10ccccc%109)cc8c7c6)cc5c4c3)c3ccccc3n21. The Bertz CT molecular complexity index is 3690. The number of rotatable bonds is 3. The molecule has 56 heavy (non-hydrogen) atoms. The Morgan fingerprint density at radius 2 is 0.804 bits per heavy atom. The number of fused-ring (bicyclic) bond motifs is 14. The van der Waals surface area contributed by atoms with Gasteiger partial charge in [0.2, 0.25) is 5.78 Å². The average Bonchev–Trinajstić information content (AvgIpc) is 4.04. The van der Waals surface area contributed by atoms with Crippen LogP contribution in [-0.4, -0.2) is 18.5 Å². The molecule has 0 fully saturated rings. The molecule has 13 aromatic rings. The van der Waals surface area contributed by atoms with Gasteiger partial charge in [-0.15, -0.1) is 0 Å². The third kappa shape index (κ3) is 4.12. The summed E-state index contributed by atoms with van der Waals surface area (Å²) in [4.78, 5) is 5.09. The third-order valence-electron chi connectivity index (χ3n) is 11.4. The molecule has 0 aliphatic carbocycles. The van der Waals surface area contributed by atoms with E-state index in [1.54, 1.807) is 0 Å². The first kappa shape index (κ1) is 30.8. The van der Waals surface area contributed by atoms with Crippen LogP contribution in [0.4, 0.5) is 0 Å². The fourth-order valence-electron chi connectivity index (χ4n) is 8.97. The van der Waals surface area contributed by atoms with E-state index < -0.39 is 0 Å². The van der Waals surface area contributed by atoms with Crippen LogP contribution in [0.2, 0.25) is 0 Å². The van der Waals surface area contributed by atoms with Crippen LogP contribution < -0.4 is 0 Å². The quantitative estimate of drug-likeness (QED) is 0.171. The van der Waals surface area contributed by atoms with Crippen LogP contribution >= 0.6 is 0 Å². The predicted octanol–water partition coefficient (Wildman–Crippen LogP) is 13.4. The zero-order valence-corrected chi connectivity index (χ0v) is 30.3. The molecule has 0 aliphatic rings. The maximum Gasteiger partial charge on any atom is 0.220 e. The molecule has 0 bridgehead atoms. The van der Waals surface area contributed by atoms with Gasteiger partial charge in [-0.25, -0.2) is 4.98 Å². The molecule has 13 rings (SSSR count). The molecule has 0 radical (unpaired) electrons. The van der Waals surface area contributed by atoms with E-state index in [-0.39, 0.29) is 7.43 Å². The van der Waals surface area contributed by atoms with E-state index in [1.807, 2.05) is 6.07 Å². The Labute approximate surface area is 319 Å². The largest absolute Gasteiger partial charge is 0.456 e. The number of para-hydroxylation sites is 6. The van der Waals surface area contributed by atoms with Crippen LogP contribution in [0.3, 0.4) is 0 Å². The van der Waals surface area contributed by atoms with Gasteiger partial charge in [0.15, 0.2) is 0 Å². The number of hydrogen-bond donors (Lipinski definition) is 0. The summed E-state index contributed by atoms with van der Waals surface area (Å²) < 4.78 is 19.7. The van der Waals surface area contributed by atoms with Gasteiger partial charge in [0.05, 0.1) is 38.8 Å². The van der Waals surface area contributed by atoms with Crippen LogP contribution in [0.15, 0.2) is 179 Å². The van der Waals surface area contributed by atoms with Crippen molar-refractivity contribution in [3.05, 3.63) is 177 Å². The molecule has 6 nitrogen and oxygen atoms in total. The van der Waals surface area contributed by atoms with E-state index in [0.717, 1.165) is 94.2 Å². The summed E-state index contributed by atoms with van der Waals surface area (Å²) in [7, 11) is 0. The highest BCUT2D eigenvalue weighted by Gasteiger charge is 2.19. The highest BCUT2D eigenvalue weighted by molar-refractivity contribution is 6.12. The van der Waals surface area contributed by atoms with Gasteiger partial charge in [-0.2, -0.15) is 0 Å². The first-order chi connectivity index (χ1) is 27.2. The Hall–Kier alpha value is -7.57. The van der Waals surface area contributed by atoms with Crippen molar-refractivity contribution in [2.24, 2.45) is 0 Å². The Morgan fingerprint density at radius 3 is 1.39 bits per heavy atom. The molecule has 5 heterocycles. The number of hydrogen-bond acceptors (Lipinski definition) is 3. The molecule has 0 unspecified atom stereocenters. The van der Waals surface area contributed by atoms with Gasteiger partial charge in [-0.3, -0.25) is 8.97 Å². The molecule has 0 amide bonds. The fourth-order valence-corrected chi connectivity index (χ4v) is 8.97. The molecular formula is C50H31N4O2-. The van der Waals surface area contributed by atoms with E-state index in [4.69, 9.17) is 13.8 Å². The molecule has 8 aromatic carbocycles. The second-order valence-corrected chi connectivity index (χ2v) is 14.4. The van der Waals surface area contributed by atoms with Gasteiger partial charge < -0.3 is 20.8 Å². The molecular weight excluding hydrogens is 689 g/mol. The predicted molar refractivity (Wildman–Crippen MR) is 230 cm³/mol. The van der Waals surface area contributed by atoms with Crippen LogP contribution in [0.1, 0.15) is 0 Å². The van der Waals surface area contributed by atoms with Gasteiger partial charge in [0.1, 0.15) is 22.3 Å². The summed E-state index contributed by atoms with van der Waals surface area (Å²) >= 11 is 0. The van der Waals surface area contributed by atoms with Crippen LogP contribution in [0, 0.1) is 7.43 Å². The van der Waals surface area contributed by atoms with Crippen molar-refractivity contribution >= 4 is 93.5 Å². The van der Waals surface area contributed by atoms with E-state index >= 15 is 0 Å². The van der Waals surface area contributed by atoms with Gasteiger partial charge >= 0.3 is 0 Å². The van der Waals surface area contributed by atoms with Crippen molar-refractivity contribution < 1.29 is 8.83 Å². The number of aromatic nitrogens is 4. The summed E-state index contributed by atoms with van der Waals surface area (Å²) in [5.41, 5.74) is 14.5. The second-order valence-electron chi connectivity index (χ2n) is 14.4. The van der Waals surface area contributed by atoms with E-state index in [0.29, 0.717) is 0 Å². The fraction of sp³-hybridized carbons (Fsp3) is 0. The Morgan fingerprint density at radius 1 is 0.357 bits per heavy atom. The van der Waals surface area contributed by atoms with Gasteiger partial charge in [-0.1, -0.05) is 72.8 Å². The summed E-state index contributed by atoms with van der Waals surface area (Å²) in [6.07, 6.45) is 0. The zero-order chi connectivity index (χ0) is 35.8. The maximum atomic E-state index is 6.42. The van der Waals surface area contributed by atoms with Gasteiger partial charge in [0.25, 0.3) is 0 Å². The van der Waals surface area contributed by atoms with E-state index in [9.17, 15) is 0 Å². The van der Waals surface area contributed by atoms with E-state index in [1.165, 1.54) is 21.8 Å². The first-order valence-corrected chi connectivity index (χ1v) is 18.5.